The van der Waals surface area contributed by atoms with Gasteiger partial charge in [0.05, 0.1) is 13.2 Å². The van der Waals surface area contributed by atoms with Gasteiger partial charge in [-0.15, -0.1) is 0 Å². The molecule has 21 heavy (non-hydrogen) atoms. The molecule has 0 bridgehead atoms. The molecule has 0 aliphatic carbocycles. The van der Waals surface area contributed by atoms with Crippen LogP contribution in [0.3, 0.4) is 0 Å². The van der Waals surface area contributed by atoms with Crippen LogP contribution >= 0.6 is 0 Å². The second-order valence-electron chi connectivity index (χ2n) is 4.67. The number of esters is 1. The maximum atomic E-state index is 11.7. The van der Waals surface area contributed by atoms with Gasteiger partial charge in [-0.25, -0.2) is 4.79 Å². The van der Waals surface area contributed by atoms with Gasteiger partial charge in [0, 0.05) is 6.07 Å². The summed E-state index contributed by atoms with van der Waals surface area (Å²) in [6.45, 7) is 6.97. The highest BCUT2D eigenvalue weighted by molar-refractivity contribution is 5.74. The van der Waals surface area contributed by atoms with Crippen LogP contribution in [0.5, 0.6) is 11.5 Å². The monoisotopic (exact) mass is 295 g/mol. The van der Waals surface area contributed by atoms with Crippen molar-refractivity contribution in [3.8, 4) is 11.5 Å². The quantitative estimate of drug-likeness (QED) is 0.708. The lowest BCUT2D eigenvalue weighted by Crippen LogP contribution is -2.26. The van der Waals surface area contributed by atoms with E-state index in [1.54, 1.807) is 19.9 Å². The lowest BCUT2D eigenvalue weighted by Gasteiger charge is -2.17. The number of ether oxygens (including phenoxy) is 3. The average Bonchev–Trinajstić information content (AvgIpc) is 2.47. The molecule has 0 amide bonds. The molecule has 5 heteroatoms. The first-order chi connectivity index (χ1) is 10.1. The minimum Gasteiger partial charge on any atom is -0.493 e. The highest BCUT2D eigenvalue weighted by Crippen LogP contribution is 2.26. The highest BCUT2D eigenvalue weighted by Gasteiger charge is 2.17. The molecule has 1 aromatic rings. The molecule has 1 unspecified atom stereocenters. The molecule has 0 aliphatic rings. The Morgan fingerprint density at radius 2 is 2.10 bits per heavy atom. The Kier molecular flexibility index (Phi) is 7.61. The van der Waals surface area contributed by atoms with E-state index in [-0.39, 0.29) is 5.97 Å². The van der Waals surface area contributed by atoms with Crippen molar-refractivity contribution in [1.29, 1.82) is 0 Å². The van der Waals surface area contributed by atoms with Gasteiger partial charge in [0.2, 0.25) is 0 Å². The average molecular weight is 295 g/mol. The van der Waals surface area contributed by atoms with Crippen molar-refractivity contribution >= 4 is 5.97 Å². The molecular formula is C16H25NO4. The molecule has 0 heterocycles. The predicted molar refractivity (Wildman–Crippen MR) is 81.7 cm³/mol. The van der Waals surface area contributed by atoms with E-state index in [4.69, 9.17) is 19.9 Å². The number of hydrogen-bond acceptors (Lipinski definition) is 5. The summed E-state index contributed by atoms with van der Waals surface area (Å²) in [6.07, 6.45) is 0.946. The molecule has 0 radical (unpaired) electrons. The molecule has 1 atom stereocenters. The molecule has 0 saturated heterocycles. The Morgan fingerprint density at radius 1 is 1.33 bits per heavy atom. The third-order valence-electron chi connectivity index (χ3n) is 2.85. The molecule has 5 nitrogen and oxygen atoms in total. The smallest absolute Gasteiger partial charge is 0.347 e. The van der Waals surface area contributed by atoms with E-state index in [1.807, 2.05) is 19.1 Å². The first-order valence-corrected chi connectivity index (χ1v) is 7.41. The van der Waals surface area contributed by atoms with Crippen molar-refractivity contribution in [3.63, 3.8) is 0 Å². The molecule has 0 fully saturated rings. The second kappa shape index (κ2) is 9.23. The Bertz CT molecular complexity index is 448. The fourth-order valence-electron chi connectivity index (χ4n) is 1.81. The summed E-state index contributed by atoms with van der Waals surface area (Å²) in [6, 6.07) is 5.62. The van der Waals surface area contributed by atoms with E-state index in [2.05, 4.69) is 0 Å². The zero-order valence-corrected chi connectivity index (χ0v) is 13.1. The van der Waals surface area contributed by atoms with E-state index in [0.29, 0.717) is 31.9 Å². The zero-order valence-electron chi connectivity index (χ0n) is 13.1. The van der Waals surface area contributed by atoms with Crippen LogP contribution in [0.2, 0.25) is 0 Å². The predicted octanol–water partition coefficient (Wildman–Crippen LogP) is 2.31. The fourth-order valence-corrected chi connectivity index (χ4v) is 1.81. The van der Waals surface area contributed by atoms with Crippen molar-refractivity contribution in [2.75, 3.05) is 19.8 Å². The molecule has 0 spiro atoms. The van der Waals surface area contributed by atoms with Crippen LogP contribution in [-0.2, 0) is 16.0 Å². The Morgan fingerprint density at radius 3 is 2.71 bits per heavy atom. The standard InChI is InChI=1S/C16H25NO4/c1-4-10-20-14-7-6-13(8-9-17)15(11-14)21-12(3)16(18)19-5-2/h6-7,11-12H,4-5,8-10,17H2,1-3H3. The summed E-state index contributed by atoms with van der Waals surface area (Å²) < 4.78 is 16.3. The van der Waals surface area contributed by atoms with E-state index in [1.165, 1.54) is 0 Å². The van der Waals surface area contributed by atoms with Gasteiger partial charge < -0.3 is 19.9 Å². The van der Waals surface area contributed by atoms with E-state index < -0.39 is 6.10 Å². The van der Waals surface area contributed by atoms with E-state index in [0.717, 1.165) is 17.7 Å². The molecule has 1 aromatic carbocycles. The van der Waals surface area contributed by atoms with Crippen LogP contribution in [0.15, 0.2) is 18.2 Å². The first-order valence-electron chi connectivity index (χ1n) is 7.41. The summed E-state index contributed by atoms with van der Waals surface area (Å²) in [5, 5.41) is 0. The molecule has 2 N–H and O–H groups in total. The number of nitrogens with two attached hydrogens (primary N) is 1. The van der Waals surface area contributed by atoms with Gasteiger partial charge in [0.15, 0.2) is 6.10 Å². The van der Waals surface area contributed by atoms with Crippen molar-refractivity contribution in [2.24, 2.45) is 5.73 Å². The second-order valence-corrected chi connectivity index (χ2v) is 4.67. The van der Waals surface area contributed by atoms with Crippen molar-refractivity contribution < 1.29 is 19.0 Å². The van der Waals surface area contributed by atoms with Crippen molar-refractivity contribution in [1.82, 2.24) is 0 Å². The van der Waals surface area contributed by atoms with Gasteiger partial charge >= 0.3 is 5.97 Å². The molecule has 0 aliphatic heterocycles. The minimum absolute atomic E-state index is 0.335. The van der Waals surface area contributed by atoms with Gasteiger partial charge in [-0.05, 0) is 44.9 Å². The third-order valence-corrected chi connectivity index (χ3v) is 2.85. The number of hydrogen-bond donors (Lipinski definition) is 1. The SMILES string of the molecule is CCCOc1ccc(CCN)c(OC(C)C(=O)OCC)c1. The maximum absolute atomic E-state index is 11.7. The number of rotatable bonds is 9. The molecular weight excluding hydrogens is 270 g/mol. The number of carbonyl (C=O) groups excluding carboxylic acids is 1. The van der Waals surface area contributed by atoms with Gasteiger partial charge in [-0.1, -0.05) is 13.0 Å². The Labute approximate surface area is 126 Å². The minimum atomic E-state index is -0.664. The van der Waals surface area contributed by atoms with Crippen molar-refractivity contribution in [3.05, 3.63) is 23.8 Å². The van der Waals surface area contributed by atoms with E-state index >= 15 is 0 Å². The number of benzene rings is 1. The van der Waals surface area contributed by atoms with Crippen LogP contribution in [-0.4, -0.2) is 31.8 Å². The van der Waals surface area contributed by atoms with Crippen LogP contribution in [0.1, 0.15) is 32.8 Å². The van der Waals surface area contributed by atoms with Crippen LogP contribution in [0.4, 0.5) is 0 Å². The lowest BCUT2D eigenvalue weighted by molar-refractivity contribution is -0.150. The van der Waals surface area contributed by atoms with Gasteiger partial charge in [0.25, 0.3) is 0 Å². The van der Waals surface area contributed by atoms with Crippen LogP contribution in [0, 0.1) is 0 Å². The Hall–Kier alpha value is -1.75. The summed E-state index contributed by atoms with van der Waals surface area (Å²) in [4.78, 5) is 11.7. The summed E-state index contributed by atoms with van der Waals surface area (Å²) >= 11 is 0. The summed E-state index contributed by atoms with van der Waals surface area (Å²) in [5.41, 5.74) is 6.56. The normalized spacial score (nSPS) is 11.8. The molecule has 0 aromatic heterocycles. The van der Waals surface area contributed by atoms with Crippen molar-refractivity contribution in [2.45, 2.75) is 39.7 Å². The fraction of sp³-hybridized carbons (Fsp3) is 0.562. The molecule has 118 valence electrons. The van der Waals surface area contributed by atoms with Gasteiger partial charge in [-0.2, -0.15) is 0 Å². The topological polar surface area (TPSA) is 70.8 Å². The Balaban J connectivity index is 2.86. The summed E-state index contributed by atoms with van der Waals surface area (Å²) in [7, 11) is 0. The first kappa shape index (κ1) is 17.3. The molecule has 1 rings (SSSR count). The number of carbonyl (C=O) groups is 1. The third kappa shape index (κ3) is 5.63. The van der Waals surface area contributed by atoms with E-state index in [9.17, 15) is 4.79 Å². The maximum Gasteiger partial charge on any atom is 0.347 e. The zero-order chi connectivity index (χ0) is 15.7. The highest BCUT2D eigenvalue weighted by atomic mass is 16.6. The molecule has 0 saturated carbocycles. The van der Waals surface area contributed by atoms with Crippen LogP contribution in [0.25, 0.3) is 0 Å². The lowest BCUT2D eigenvalue weighted by atomic mass is 10.1. The summed E-state index contributed by atoms with van der Waals surface area (Å²) in [5.74, 6) is 0.967. The largest absolute Gasteiger partial charge is 0.493 e. The van der Waals surface area contributed by atoms with Crippen LogP contribution < -0.4 is 15.2 Å². The van der Waals surface area contributed by atoms with Gasteiger partial charge in [-0.3, -0.25) is 0 Å². The van der Waals surface area contributed by atoms with Gasteiger partial charge in [0.1, 0.15) is 11.5 Å².